The number of fused-ring (bicyclic) bond motifs is 5. The number of carboxylic acid groups (broad SMARTS) is 1. The summed E-state index contributed by atoms with van der Waals surface area (Å²) < 4.78 is 5.89. The molecule has 0 spiro atoms. The van der Waals surface area contributed by atoms with E-state index in [1.165, 1.54) is 18.4 Å². The molecular weight excluding hydrogens is 382 g/mol. The van der Waals surface area contributed by atoms with Gasteiger partial charge in [-0.1, -0.05) is 31.5 Å². The van der Waals surface area contributed by atoms with Gasteiger partial charge in [-0.15, -0.1) is 0 Å². The number of carbonyl (C=O) groups is 2. The number of ether oxygens (including phenoxy) is 1. The summed E-state index contributed by atoms with van der Waals surface area (Å²) in [5.41, 5.74) is 2.58. The van der Waals surface area contributed by atoms with Crippen molar-refractivity contribution >= 4 is 17.7 Å². The fourth-order valence-corrected chi connectivity index (χ4v) is 7.20. The number of rotatable bonds is 5. The van der Waals surface area contributed by atoms with Crippen LogP contribution in [0, 0.1) is 28.6 Å². The van der Waals surface area contributed by atoms with Crippen molar-refractivity contribution in [1.82, 2.24) is 0 Å². The van der Waals surface area contributed by atoms with E-state index in [0.717, 1.165) is 44.2 Å². The molecule has 6 heteroatoms. The number of nitrogens with zero attached hydrogens (tertiary/aromatic N) is 1. The Bertz CT molecular complexity index is 774. The highest BCUT2D eigenvalue weighted by atomic mass is 16.6. The van der Waals surface area contributed by atoms with Gasteiger partial charge >= 0.3 is 5.97 Å². The zero-order valence-electron chi connectivity index (χ0n) is 18.4. The second-order valence-corrected chi connectivity index (χ2v) is 10.2. The van der Waals surface area contributed by atoms with Crippen LogP contribution in [0.3, 0.4) is 0 Å². The quantitative estimate of drug-likeness (QED) is 0.506. The number of carbonyl (C=O) groups excluding carboxylic acids is 2. The molecule has 4 rings (SSSR count). The Labute approximate surface area is 179 Å². The van der Waals surface area contributed by atoms with Gasteiger partial charge in [-0.25, -0.2) is 0 Å². The summed E-state index contributed by atoms with van der Waals surface area (Å²) in [6, 6.07) is 0. The third kappa shape index (κ3) is 3.56. The molecule has 0 amide bonds. The average Bonchev–Trinajstić information content (AvgIpc) is 3.04. The lowest BCUT2D eigenvalue weighted by molar-refractivity contribution is -0.309. The highest BCUT2D eigenvalue weighted by Gasteiger charge is 2.59. The molecule has 0 aromatic heterocycles. The zero-order valence-corrected chi connectivity index (χ0v) is 18.4. The lowest BCUT2D eigenvalue weighted by atomic mass is 9.47. The summed E-state index contributed by atoms with van der Waals surface area (Å²) in [7, 11) is 0. The second kappa shape index (κ2) is 8.01. The van der Waals surface area contributed by atoms with E-state index >= 15 is 0 Å². The SMILES string of the molecule is CCC(=O)O[C@@H]1CC[C@@H]2[C@H]3CCC4=CC(=NOCC(=O)[O-])CC[C@]4(C)[C@@H]3CC[C@@]21C. The van der Waals surface area contributed by atoms with Crippen LogP contribution in [0.4, 0.5) is 0 Å². The van der Waals surface area contributed by atoms with Crippen LogP contribution in [0.5, 0.6) is 0 Å². The molecule has 166 valence electrons. The van der Waals surface area contributed by atoms with Crippen LogP contribution < -0.4 is 5.11 Å². The number of carboxylic acids is 1. The third-order valence-electron chi connectivity index (χ3n) is 8.82. The van der Waals surface area contributed by atoms with Gasteiger partial charge in [-0.3, -0.25) is 4.79 Å². The standard InChI is InChI=1S/C24H35NO5/c1-4-22(28)30-20-8-7-18-17-6-5-15-13-16(25-29-14-21(26)27)9-11-23(15,2)19(17)10-12-24(18,20)3/h13,17-20H,4-12,14H2,1-3H3,(H,26,27)/p-1/t17-,18-,19-,20-,23+,24+/m1/s1. The molecular formula is C24H34NO5-. The Kier molecular flexibility index (Phi) is 5.71. The van der Waals surface area contributed by atoms with E-state index in [9.17, 15) is 14.7 Å². The Hall–Kier alpha value is -1.85. The fraction of sp³-hybridized carbons (Fsp3) is 0.792. The van der Waals surface area contributed by atoms with Crippen molar-refractivity contribution in [3.63, 3.8) is 0 Å². The smallest absolute Gasteiger partial charge is 0.305 e. The zero-order chi connectivity index (χ0) is 21.5. The van der Waals surface area contributed by atoms with Crippen LogP contribution >= 0.6 is 0 Å². The molecule has 0 bridgehead atoms. The summed E-state index contributed by atoms with van der Waals surface area (Å²) in [4.78, 5) is 27.4. The Morgan fingerprint density at radius 3 is 2.67 bits per heavy atom. The van der Waals surface area contributed by atoms with Crippen LogP contribution in [-0.2, 0) is 19.2 Å². The Morgan fingerprint density at radius 2 is 1.93 bits per heavy atom. The van der Waals surface area contributed by atoms with Crippen molar-refractivity contribution in [2.45, 2.75) is 84.7 Å². The van der Waals surface area contributed by atoms with Crippen molar-refractivity contribution in [2.75, 3.05) is 6.61 Å². The molecule has 3 fully saturated rings. The van der Waals surface area contributed by atoms with Gasteiger partial charge in [0.05, 0.1) is 11.7 Å². The maximum Gasteiger partial charge on any atom is 0.305 e. The van der Waals surface area contributed by atoms with E-state index in [-0.39, 0.29) is 22.9 Å². The van der Waals surface area contributed by atoms with E-state index in [4.69, 9.17) is 9.57 Å². The third-order valence-corrected chi connectivity index (χ3v) is 8.82. The molecule has 0 aromatic carbocycles. The molecule has 3 saturated carbocycles. The van der Waals surface area contributed by atoms with Crippen molar-refractivity contribution in [3.8, 4) is 0 Å². The molecule has 6 nitrogen and oxygen atoms in total. The molecule has 4 aliphatic carbocycles. The number of allylic oxidation sites excluding steroid dienone is 2. The van der Waals surface area contributed by atoms with Gasteiger partial charge in [0.25, 0.3) is 0 Å². The predicted octanol–water partition coefficient (Wildman–Crippen LogP) is 3.39. The molecule has 0 aliphatic heterocycles. The second-order valence-electron chi connectivity index (χ2n) is 10.2. The predicted molar refractivity (Wildman–Crippen MR) is 110 cm³/mol. The number of esters is 1. The molecule has 30 heavy (non-hydrogen) atoms. The first-order chi connectivity index (χ1) is 14.3. The number of hydrogen-bond donors (Lipinski definition) is 0. The van der Waals surface area contributed by atoms with E-state index in [0.29, 0.717) is 24.2 Å². The van der Waals surface area contributed by atoms with Gasteiger partial charge in [0.1, 0.15) is 6.10 Å². The van der Waals surface area contributed by atoms with Crippen LogP contribution in [-0.4, -0.2) is 30.4 Å². The normalized spacial score (nSPS) is 41.3. The average molecular weight is 417 g/mol. The Balaban J connectivity index is 1.51. The minimum absolute atomic E-state index is 0.0650. The number of aliphatic carboxylic acids is 1. The highest BCUT2D eigenvalue weighted by Crippen LogP contribution is 2.65. The van der Waals surface area contributed by atoms with E-state index in [1.54, 1.807) is 0 Å². The fourth-order valence-electron chi connectivity index (χ4n) is 7.20. The van der Waals surface area contributed by atoms with Crippen LogP contribution in [0.25, 0.3) is 0 Å². The largest absolute Gasteiger partial charge is 0.546 e. The van der Waals surface area contributed by atoms with Crippen molar-refractivity contribution < 1.29 is 24.3 Å². The van der Waals surface area contributed by atoms with Crippen molar-refractivity contribution in [1.29, 1.82) is 0 Å². The summed E-state index contributed by atoms with van der Waals surface area (Å²) in [5.74, 6) is 0.652. The molecule has 0 aromatic rings. The molecule has 4 aliphatic rings. The number of oxime groups is 1. The van der Waals surface area contributed by atoms with Gasteiger partial charge in [0.15, 0.2) is 6.61 Å². The lowest BCUT2D eigenvalue weighted by Gasteiger charge is -2.58. The monoisotopic (exact) mass is 416 g/mol. The summed E-state index contributed by atoms with van der Waals surface area (Å²) in [5, 5.41) is 14.6. The first-order valence-electron chi connectivity index (χ1n) is 11.6. The van der Waals surface area contributed by atoms with E-state index < -0.39 is 12.6 Å². The van der Waals surface area contributed by atoms with E-state index in [1.807, 2.05) is 6.92 Å². The highest BCUT2D eigenvalue weighted by molar-refractivity contribution is 5.96. The first-order valence-corrected chi connectivity index (χ1v) is 11.6. The van der Waals surface area contributed by atoms with Crippen LogP contribution in [0.15, 0.2) is 16.8 Å². The number of hydrogen-bond acceptors (Lipinski definition) is 6. The first kappa shape index (κ1) is 21.4. The van der Waals surface area contributed by atoms with E-state index in [2.05, 4.69) is 25.1 Å². The molecule has 6 atom stereocenters. The molecule has 0 radical (unpaired) electrons. The minimum Gasteiger partial charge on any atom is -0.546 e. The van der Waals surface area contributed by atoms with Crippen molar-refractivity contribution in [3.05, 3.63) is 11.6 Å². The van der Waals surface area contributed by atoms with Crippen molar-refractivity contribution in [2.24, 2.45) is 33.7 Å². The lowest BCUT2D eigenvalue weighted by Crippen LogP contribution is -2.51. The summed E-state index contributed by atoms with van der Waals surface area (Å²) in [6.45, 7) is 6.15. The minimum atomic E-state index is -1.25. The van der Waals surface area contributed by atoms with Gasteiger partial charge < -0.3 is 19.5 Å². The van der Waals surface area contributed by atoms with Gasteiger partial charge in [0, 0.05) is 11.8 Å². The maximum atomic E-state index is 12.0. The summed E-state index contributed by atoms with van der Waals surface area (Å²) in [6.07, 6.45) is 11.2. The Morgan fingerprint density at radius 1 is 1.13 bits per heavy atom. The van der Waals surface area contributed by atoms with Crippen LogP contribution in [0.1, 0.15) is 78.6 Å². The van der Waals surface area contributed by atoms with Gasteiger partial charge in [-0.05, 0) is 80.6 Å². The molecule has 0 heterocycles. The molecule has 0 unspecified atom stereocenters. The van der Waals surface area contributed by atoms with Crippen LogP contribution in [0.2, 0.25) is 0 Å². The molecule has 0 N–H and O–H groups in total. The topological polar surface area (TPSA) is 88.0 Å². The molecule has 0 saturated heterocycles. The van der Waals surface area contributed by atoms with Gasteiger partial charge in [-0.2, -0.15) is 0 Å². The van der Waals surface area contributed by atoms with Gasteiger partial charge in [0.2, 0.25) is 0 Å². The maximum absolute atomic E-state index is 12.0. The summed E-state index contributed by atoms with van der Waals surface area (Å²) >= 11 is 0.